The van der Waals surface area contributed by atoms with E-state index in [1.165, 1.54) is 0 Å². The summed E-state index contributed by atoms with van der Waals surface area (Å²) in [5.74, 6) is -1.24. The second-order valence-electron chi connectivity index (χ2n) is 2.75. The van der Waals surface area contributed by atoms with Crippen molar-refractivity contribution in [3.63, 3.8) is 0 Å². The monoisotopic (exact) mass is 177 g/mol. The van der Waals surface area contributed by atoms with E-state index in [1.54, 1.807) is 0 Å². The third-order valence-corrected chi connectivity index (χ3v) is 1.96. The molecule has 0 aromatic heterocycles. The minimum absolute atomic E-state index is 0.401. The highest BCUT2D eigenvalue weighted by Gasteiger charge is 2.44. The van der Waals surface area contributed by atoms with Gasteiger partial charge < -0.3 is 20.4 Å². The van der Waals surface area contributed by atoms with Gasteiger partial charge in [0.2, 0.25) is 0 Å². The Morgan fingerprint density at radius 2 is 1.92 bits per heavy atom. The molecule has 12 heavy (non-hydrogen) atoms. The highest BCUT2D eigenvalue weighted by molar-refractivity contribution is 5.75. The molecule has 0 saturated carbocycles. The molecular formula is C6H11NO5. The average Bonchev–Trinajstić information content (AvgIpc) is 2.30. The molecule has 1 saturated heterocycles. The van der Waals surface area contributed by atoms with Crippen LogP contribution in [0.3, 0.4) is 0 Å². The Balaban J connectivity index is 2.66. The first kappa shape index (κ1) is 9.40. The van der Waals surface area contributed by atoms with E-state index >= 15 is 0 Å². The highest BCUT2D eigenvalue weighted by Crippen LogP contribution is 2.13. The minimum Gasteiger partial charge on any atom is -0.480 e. The van der Waals surface area contributed by atoms with Gasteiger partial charge in [-0.2, -0.15) is 0 Å². The second kappa shape index (κ2) is 3.36. The van der Waals surface area contributed by atoms with E-state index in [0.717, 1.165) is 0 Å². The molecule has 6 heteroatoms. The first-order chi connectivity index (χ1) is 5.57. The number of aliphatic carboxylic acids is 1. The van der Waals surface area contributed by atoms with Gasteiger partial charge in [-0.3, -0.25) is 10.1 Å². The predicted molar refractivity (Wildman–Crippen MR) is 37.4 cm³/mol. The highest BCUT2D eigenvalue weighted by atomic mass is 16.4. The normalized spacial score (nSPS) is 41.6. The van der Waals surface area contributed by atoms with Gasteiger partial charge in [-0.05, 0) is 0 Å². The van der Waals surface area contributed by atoms with Crippen LogP contribution in [0.15, 0.2) is 0 Å². The molecule has 1 aliphatic heterocycles. The molecule has 0 radical (unpaired) electrons. The van der Waals surface area contributed by atoms with Crippen molar-refractivity contribution in [3.05, 3.63) is 0 Å². The number of carboxylic acids is 1. The standard InChI is InChI=1S/C6H11NO5/c8-1-2-4(9)5(10)3(7-2)6(11)12/h2-5,7-10H,1H2,(H,11,12). The molecule has 1 fully saturated rings. The van der Waals surface area contributed by atoms with Gasteiger partial charge in [-0.25, -0.2) is 0 Å². The van der Waals surface area contributed by atoms with Crippen LogP contribution in [0.5, 0.6) is 0 Å². The molecule has 1 aliphatic rings. The van der Waals surface area contributed by atoms with Crippen LogP contribution in [-0.2, 0) is 4.79 Å². The Bertz CT molecular complexity index is 185. The molecule has 1 heterocycles. The number of hydrogen-bond donors (Lipinski definition) is 5. The van der Waals surface area contributed by atoms with Crippen LogP contribution in [0.1, 0.15) is 0 Å². The first-order valence-electron chi connectivity index (χ1n) is 3.53. The number of aliphatic hydroxyl groups is 3. The molecule has 4 unspecified atom stereocenters. The average molecular weight is 177 g/mol. The quantitative estimate of drug-likeness (QED) is 0.310. The SMILES string of the molecule is O=C(O)C1NC(CO)C(O)C1O. The molecule has 0 aliphatic carbocycles. The largest absolute Gasteiger partial charge is 0.480 e. The molecule has 5 N–H and O–H groups in total. The lowest BCUT2D eigenvalue weighted by Crippen LogP contribution is -2.41. The topological polar surface area (TPSA) is 110 Å². The van der Waals surface area contributed by atoms with Crippen LogP contribution in [0.4, 0.5) is 0 Å². The summed E-state index contributed by atoms with van der Waals surface area (Å²) in [6.45, 7) is -0.401. The molecule has 0 aromatic carbocycles. The molecule has 4 atom stereocenters. The summed E-state index contributed by atoms with van der Waals surface area (Å²) in [6, 6.07) is -1.96. The van der Waals surface area contributed by atoms with Crippen molar-refractivity contribution in [3.8, 4) is 0 Å². The molecule has 6 nitrogen and oxygen atoms in total. The van der Waals surface area contributed by atoms with E-state index in [4.69, 9.17) is 20.4 Å². The fraction of sp³-hybridized carbons (Fsp3) is 0.833. The lowest BCUT2D eigenvalue weighted by atomic mass is 10.1. The van der Waals surface area contributed by atoms with E-state index in [0.29, 0.717) is 0 Å². The third kappa shape index (κ3) is 1.42. The predicted octanol–water partition coefficient (Wildman–Crippen LogP) is -2.87. The second-order valence-corrected chi connectivity index (χ2v) is 2.75. The van der Waals surface area contributed by atoms with E-state index in [9.17, 15) is 4.79 Å². The maximum absolute atomic E-state index is 10.4. The van der Waals surface area contributed by atoms with Crippen LogP contribution >= 0.6 is 0 Å². The molecule has 0 aromatic rings. The first-order valence-corrected chi connectivity index (χ1v) is 3.53. The van der Waals surface area contributed by atoms with Crippen molar-refractivity contribution in [2.24, 2.45) is 0 Å². The number of hydrogen-bond acceptors (Lipinski definition) is 5. The maximum atomic E-state index is 10.4. The Hall–Kier alpha value is -0.690. The van der Waals surface area contributed by atoms with E-state index in [2.05, 4.69) is 5.32 Å². The number of nitrogens with one attached hydrogen (secondary N) is 1. The van der Waals surface area contributed by atoms with Gasteiger partial charge in [-0.1, -0.05) is 0 Å². The van der Waals surface area contributed by atoms with Crippen molar-refractivity contribution in [2.75, 3.05) is 6.61 Å². The Kier molecular flexibility index (Phi) is 2.63. The molecule has 0 bridgehead atoms. The number of carbonyl (C=O) groups is 1. The van der Waals surface area contributed by atoms with E-state index in [1.807, 2.05) is 0 Å². The summed E-state index contributed by atoms with van der Waals surface area (Å²) < 4.78 is 0. The molecule has 0 spiro atoms. The summed E-state index contributed by atoms with van der Waals surface area (Å²) in [5.41, 5.74) is 0. The van der Waals surface area contributed by atoms with Gasteiger partial charge in [0.1, 0.15) is 12.1 Å². The maximum Gasteiger partial charge on any atom is 0.323 e. The number of carboxylic acid groups (broad SMARTS) is 1. The summed E-state index contributed by atoms with van der Waals surface area (Å²) in [4.78, 5) is 10.4. The van der Waals surface area contributed by atoms with Gasteiger partial charge in [0.15, 0.2) is 0 Å². The number of rotatable bonds is 2. The molecule has 70 valence electrons. The van der Waals surface area contributed by atoms with Gasteiger partial charge in [0, 0.05) is 0 Å². The van der Waals surface area contributed by atoms with Crippen molar-refractivity contribution < 1.29 is 25.2 Å². The van der Waals surface area contributed by atoms with Crippen molar-refractivity contribution >= 4 is 5.97 Å². The van der Waals surface area contributed by atoms with Crippen molar-refractivity contribution in [1.82, 2.24) is 5.32 Å². The van der Waals surface area contributed by atoms with Crippen LogP contribution in [0.25, 0.3) is 0 Å². The third-order valence-electron chi connectivity index (χ3n) is 1.96. The fourth-order valence-electron chi connectivity index (χ4n) is 1.24. The lowest BCUT2D eigenvalue weighted by molar-refractivity contribution is -0.142. The van der Waals surface area contributed by atoms with Crippen LogP contribution < -0.4 is 5.32 Å². The van der Waals surface area contributed by atoms with Gasteiger partial charge in [-0.15, -0.1) is 0 Å². The Morgan fingerprint density at radius 1 is 1.33 bits per heavy atom. The van der Waals surface area contributed by atoms with E-state index < -0.39 is 36.9 Å². The van der Waals surface area contributed by atoms with E-state index in [-0.39, 0.29) is 0 Å². The molecule has 1 rings (SSSR count). The van der Waals surface area contributed by atoms with Gasteiger partial charge in [0.25, 0.3) is 0 Å². The van der Waals surface area contributed by atoms with Crippen LogP contribution in [0, 0.1) is 0 Å². The number of aliphatic hydroxyl groups excluding tert-OH is 3. The van der Waals surface area contributed by atoms with Gasteiger partial charge in [0.05, 0.1) is 18.8 Å². The Morgan fingerprint density at radius 3 is 2.17 bits per heavy atom. The van der Waals surface area contributed by atoms with Crippen LogP contribution in [0.2, 0.25) is 0 Å². The minimum atomic E-state index is -1.36. The lowest BCUT2D eigenvalue weighted by Gasteiger charge is -2.11. The van der Waals surface area contributed by atoms with Gasteiger partial charge >= 0.3 is 5.97 Å². The summed E-state index contributed by atoms with van der Waals surface area (Å²) in [5, 5.41) is 37.8. The zero-order valence-corrected chi connectivity index (χ0v) is 6.21. The zero-order valence-electron chi connectivity index (χ0n) is 6.21. The Labute approximate surface area is 68.4 Å². The summed E-state index contributed by atoms with van der Waals surface area (Å²) in [6.07, 6.45) is -2.59. The van der Waals surface area contributed by atoms with Crippen LogP contribution in [-0.4, -0.2) is 57.3 Å². The molecular weight excluding hydrogens is 166 g/mol. The fourth-order valence-corrected chi connectivity index (χ4v) is 1.24. The van der Waals surface area contributed by atoms with Crippen molar-refractivity contribution in [2.45, 2.75) is 24.3 Å². The smallest absolute Gasteiger partial charge is 0.323 e. The zero-order chi connectivity index (χ0) is 9.30. The molecule has 0 amide bonds. The summed E-state index contributed by atoms with van der Waals surface area (Å²) in [7, 11) is 0. The van der Waals surface area contributed by atoms with Crippen molar-refractivity contribution in [1.29, 1.82) is 0 Å². The summed E-state index contributed by atoms with van der Waals surface area (Å²) >= 11 is 0.